The summed E-state index contributed by atoms with van der Waals surface area (Å²) in [4.78, 5) is 28.8. The van der Waals surface area contributed by atoms with Crippen LogP contribution >= 0.6 is 22.9 Å². The van der Waals surface area contributed by atoms with Crippen LogP contribution in [0.15, 0.2) is 42.9 Å². The van der Waals surface area contributed by atoms with Crippen LogP contribution < -0.4 is 5.32 Å². The number of pyridine rings is 2. The van der Waals surface area contributed by atoms with Crippen LogP contribution in [0.1, 0.15) is 56.4 Å². The van der Waals surface area contributed by atoms with Crippen molar-refractivity contribution in [1.82, 2.24) is 29.8 Å². The first kappa shape index (κ1) is 25.3. The maximum Gasteiger partial charge on any atom is 0.207 e. The summed E-state index contributed by atoms with van der Waals surface area (Å²) >= 11 is 7.01. The van der Waals surface area contributed by atoms with E-state index in [4.69, 9.17) is 16.6 Å². The number of aryl methyl sites for hydroxylation is 1. The maximum absolute atomic E-state index is 10.9. The minimum atomic E-state index is 0.234. The Morgan fingerprint density at radius 2 is 2.06 bits per heavy atom. The number of halogens is 1. The van der Waals surface area contributed by atoms with Gasteiger partial charge in [-0.3, -0.25) is 14.8 Å². The average Bonchev–Trinajstić information content (AvgIpc) is 3.40. The van der Waals surface area contributed by atoms with Crippen LogP contribution in [0.5, 0.6) is 0 Å². The highest BCUT2D eigenvalue weighted by atomic mass is 35.5. The molecule has 1 aliphatic carbocycles. The minimum absolute atomic E-state index is 0.234. The van der Waals surface area contributed by atoms with Gasteiger partial charge in [0.15, 0.2) is 0 Å². The van der Waals surface area contributed by atoms with E-state index in [1.54, 1.807) is 12.4 Å². The molecule has 1 amide bonds. The summed E-state index contributed by atoms with van der Waals surface area (Å²) in [6, 6.07) is 8.56. The van der Waals surface area contributed by atoms with Crippen LogP contribution in [-0.2, 0) is 11.2 Å². The standard InChI is InChI=1S/C22H27N5O.C4H4ClNS/c1-15(2)10-22-26-20-13-24-19(18-8-3-4-9-23-18)12-21(20)27(22)17-7-5-6-16(11-17)25-14-28;1-3-6-2-4(5)7-3/h3-4,8-9,12-17H,5-7,10-11H2,1-2H3,(H,25,28);2H,1H3. The molecule has 4 heterocycles. The van der Waals surface area contributed by atoms with Gasteiger partial charge in [-0.15, -0.1) is 11.3 Å². The lowest BCUT2D eigenvalue weighted by Gasteiger charge is -2.31. The molecule has 0 bridgehead atoms. The molecule has 0 aliphatic heterocycles. The molecule has 0 saturated heterocycles. The van der Waals surface area contributed by atoms with Crippen molar-refractivity contribution in [2.24, 2.45) is 5.92 Å². The molecule has 1 saturated carbocycles. The molecule has 0 spiro atoms. The van der Waals surface area contributed by atoms with Crippen molar-refractivity contribution < 1.29 is 4.79 Å². The SMILES string of the molecule is CC(C)Cc1nc2cnc(-c3ccccn3)cc2n1C1CCCC(NC=O)C1.Cc1ncc(Cl)s1. The quantitative estimate of drug-likeness (QED) is 0.320. The van der Waals surface area contributed by atoms with Crippen molar-refractivity contribution in [2.75, 3.05) is 0 Å². The van der Waals surface area contributed by atoms with Crippen LogP contribution in [0.2, 0.25) is 4.34 Å². The molecule has 2 unspecified atom stereocenters. The number of imidazole rings is 1. The fourth-order valence-electron chi connectivity index (χ4n) is 4.60. The molecule has 4 aromatic heterocycles. The zero-order valence-corrected chi connectivity index (χ0v) is 21.9. The van der Waals surface area contributed by atoms with E-state index in [2.05, 4.69) is 44.7 Å². The minimum Gasteiger partial charge on any atom is -0.356 e. The van der Waals surface area contributed by atoms with Gasteiger partial charge in [0.05, 0.1) is 34.3 Å². The first-order valence-electron chi connectivity index (χ1n) is 12.0. The van der Waals surface area contributed by atoms with Gasteiger partial charge in [0.25, 0.3) is 0 Å². The van der Waals surface area contributed by atoms with Crippen molar-refractivity contribution in [3.8, 4) is 11.4 Å². The van der Waals surface area contributed by atoms with Crippen LogP contribution in [-0.4, -0.2) is 37.0 Å². The van der Waals surface area contributed by atoms with Crippen LogP contribution in [0.4, 0.5) is 0 Å². The van der Waals surface area contributed by atoms with Crippen LogP contribution in [0, 0.1) is 12.8 Å². The molecule has 4 aromatic rings. The van der Waals surface area contributed by atoms with Crippen LogP contribution in [0.3, 0.4) is 0 Å². The second kappa shape index (κ2) is 11.7. The molecular formula is C26H31ClN6OS. The number of rotatable bonds is 6. The topological polar surface area (TPSA) is 85.6 Å². The molecule has 1 fully saturated rings. The van der Waals surface area contributed by atoms with E-state index in [9.17, 15) is 4.79 Å². The number of carbonyl (C=O) groups excluding carboxylic acids is 1. The third kappa shape index (κ3) is 6.44. The number of amides is 1. The smallest absolute Gasteiger partial charge is 0.207 e. The van der Waals surface area contributed by atoms with Gasteiger partial charge in [0.1, 0.15) is 15.7 Å². The van der Waals surface area contributed by atoms with E-state index in [0.29, 0.717) is 12.0 Å². The van der Waals surface area contributed by atoms with Gasteiger partial charge in [-0.1, -0.05) is 31.5 Å². The molecule has 35 heavy (non-hydrogen) atoms. The maximum atomic E-state index is 10.9. The van der Waals surface area contributed by atoms with Crippen molar-refractivity contribution in [1.29, 1.82) is 0 Å². The van der Waals surface area contributed by atoms with E-state index < -0.39 is 0 Å². The third-order valence-electron chi connectivity index (χ3n) is 6.08. The van der Waals surface area contributed by atoms with Crippen molar-refractivity contribution in [3.05, 3.63) is 58.0 Å². The Labute approximate surface area is 215 Å². The second-order valence-electron chi connectivity index (χ2n) is 9.25. The molecule has 0 aromatic carbocycles. The summed E-state index contributed by atoms with van der Waals surface area (Å²) < 4.78 is 3.17. The summed E-state index contributed by atoms with van der Waals surface area (Å²) in [6.45, 7) is 6.37. The highest BCUT2D eigenvalue weighted by molar-refractivity contribution is 7.15. The van der Waals surface area contributed by atoms with E-state index in [1.165, 1.54) is 11.3 Å². The monoisotopic (exact) mass is 510 g/mol. The predicted octanol–water partition coefficient (Wildman–Crippen LogP) is 6.03. The van der Waals surface area contributed by atoms with Gasteiger partial charge in [-0.25, -0.2) is 9.97 Å². The van der Waals surface area contributed by atoms with E-state index in [0.717, 1.165) is 76.1 Å². The van der Waals surface area contributed by atoms with E-state index >= 15 is 0 Å². The Balaban J connectivity index is 0.000000356. The molecule has 5 rings (SSSR count). The largest absolute Gasteiger partial charge is 0.356 e. The molecule has 7 nitrogen and oxygen atoms in total. The lowest BCUT2D eigenvalue weighted by atomic mass is 9.90. The number of hydrogen-bond donors (Lipinski definition) is 1. The first-order valence-corrected chi connectivity index (χ1v) is 13.2. The summed E-state index contributed by atoms with van der Waals surface area (Å²) in [6.07, 6.45) is 11.3. The molecule has 9 heteroatoms. The zero-order valence-electron chi connectivity index (χ0n) is 20.3. The third-order valence-corrected chi connectivity index (χ3v) is 7.11. The lowest BCUT2D eigenvalue weighted by molar-refractivity contribution is -0.110. The predicted molar refractivity (Wildman–Crippen MR) is 142 cm³/mol. The van der Waals surface area contributed by atoms with Crippen molar-refractivity contribution >= 4 is 40.4 Å². The highest BCUT2D eigenvalue weighted by Crippen LogP contribution is 2.34. The first-order chi connectivity index (χ1) is 16.9. The molecule has 1 N–H and O–H groups in total. The number of thiazole rings is 1. The van der Waals surface area contributed by atoms with Gasteiger partial charge in [0.2, 0.25) is 6.41 Å². The summed E-state index contributed by atoms with van der Waals surface area (Å²) in [7, 11) is 0. The number of carbonyl (C=O) groups is 1. The normalized spacial score (nSPS) is 17.7. The van der Waals surface area contributed by atoms with Crippen LogP contribution in [0.25, 0.3) is 22.4 Å². The fourth-order valence-corrected chi connectivity index (χ4v) is 5.48. The molecular weight excluding hydrogens is 480 g/mol. The summed E-state index contributed by atoms with van der Waals surface area (Å²) in [5.74, 6) is 1.63. The van der Waals surface area contributed by atoms with Crippen molar-refractivity contribution in [2.45, 2.75) is 65.0 Å². The Morgan fingerprint density at radius 1 is 1.20 bits per heavy atom. The summed E-state index contributed by atoms with van der Waals surface area (Å²) in [5, 5.41) is 4.00. The number of hydrogen-bond acceptors (Lipinski definition) is 6. The van der Waals surface area contributed by atoms with E-state index in [1.807, 2.05) is 31.3 Å². The second-order valence-corrected chi connectivity index (χ2v) is 11.1. The molecule has 0 radical (unpaired) electrons. The Morgan fingerprint density at radius 3 is 2.69 bits per heavy atom. The Kier molecular flexibility index (Phi) is 8.46. The number of nitrogens with one attached hydrogen (secondary N) is 1. The Hall–Kier alpha value is -2.84. The lowest BCUT2D eigenvalue weighted by Crippen LogP contribution is -2.34. The van der Waals surface area contributed by atoms with Gasteiger partial charge in [-0.05, 0) is 56.7 Å². The van der Waals surface area contributed by atoms with Crippen molar-refractivity contribution in [3.63, 3.8) is 0 Å². The van der Waals surface area contributed by atoms with Gasteiger partial charge < -0.3 is 9.88 Å². The number of aromatic nitrogens is 5. The van der Waals surface area contributed by atoms with Gasteiger partial charge >= 0.3 is 0 Å². The fraction of sp³-hybridized carbons (Fsp3) is 0.423. The van der Waals surface area contributed by atoms with Gasteiger partial charge in [0, 0.05) is 24.7 Å². The van der Waals surface area contributed by atoms with Gasteiger partial charge in [-0.2, -0.15) is 0 Å². The molecule has 1 aliphatic rings. The molecule has 2 atom stereocenters. The average molecular weight is 511 g/mol. The van der Waals surface area contributed by atoms with E-state index in [-0.39, 0.29) is 6.04 Å². The Bertz CT molecular complexity index is 1240. The molecule has 184 valence electrons. The highest BCUT2D eigenvalue weighted by Gasteiger charge is 2.27. The number of nitrogens with zero attached hydrogens (tertiary/aromatic N) is 5. The zero-order chi connectivity index (χ0) is 24.8. The summed E-state index contributed by atoms with van der Waals surface area (Å²) in [5.41, 5.74) is 3.78. The number of fused-ring (bicyclic) bond motifs is 1.